The number of hydrogen-bond donors (Lipinski definition) is 0. The van der Waals surface area contributed by atoms with Crippen LogP contribution in [0.1, 0.15) is 13.8 Å². The van der Waals surface area contributed by atoms with Crippen LogP contribution in [-0.4, -0.2) is 22.7 Å². The molecule has 2 amide bonds. The van der Waals surface area contributed by atoms with Crippen molar-refractivity contribution in [1.82, 2.24) is 4.90 Å². The van der Waals surface area contributed by atoms with Crippen LogP contribution < -0.4 is 0 Å². The van der Waals surface area contributed by atoms with E-state index in [1.807, 2.05) is 0 Å². The van der Waals surface area contributed by atoms with E-state index >= 15 is 0 Å². The maximum absolute atomic E-state index is 11.2. The molecular weight excluding hydrogens is 166 g/mol. The minimum absolute atomic E-state index is 0.0215. The highest BCUT2D eigenvalue weighted by Gasteiger charge is 2.41. The molecule has 4 heteroatoms. The Kier molecular flexibility index (Phi) is 2.18. The predicted molar refractivity (Wildman–Crippen MR) is 40.9 cm³/mol. The Balaban J connectivity index is 2.86. The van der Waals surface area contributed by atoms with Crippen LogP contribution in [0.25, 0.3) is 0 Å². The average Bonchev–Trinajstić information content (AvgIpc) is 2.17. The van der Waals surface area contributed by atoms with Gasteiger partial charge in [0.15, 0.2) is 0 Å². The van der Waals surface area contributed by atoms with Gasteiger partial charge in [0.05, 0.1) is 0 Å². The topological polar surface area (TPSA) is 37.4 Å². The molecule has 11 heavy (non-hydrogen) atoms. The van der Waals surface area contributed by atoms with E-state index in [4.69, 9.17) is 11.6 Å². The summed E-state index contributed by atoms with van der Waals surface area (Å²) in [5.74, 6) is -0.725. The van der Waals surface area contributed by atoms with Crippen molar-refractivity contribution in [2.45, 2.75) is 13.8 Å². The van der Waals surface area contributed by atoms with E-state index in [1.54, 1.807) is 13.8 Å². The number of nitrogens with zero attached hydrogens (tertiary/aromatic N) is 1. The normalized spacial score (nSPS) is 31.7. The lowest BCUT2D eigenvalue weighted by Gasteiger charge is -2.08. The van der Waals surface area contributed by atoms with Crippen molar-refractivity contribution in [1.29, 1.82) is 0 Å². The fraction of sp³-hybridized carbons (Fsp3) is 0.714. The third-order valence-electron chi connectivity index (χ3n) is 2.18. The summed E-state index contributed by atoms with van der Waals surface area (Å²) in [5, 5.41) is 0. The molecule has 0 radical (unpaired) electrons. The van der Waals surface area contributed by atoms with Gasteiger partial charge in [-0.3, -0.25) is 14.5 Å². The van der Waals surface area contributed by atoms with E-state index in [9.17, 15) is 9.59 Å². The Labute approximate surface area is 70.3 Å². The number of carbonyl (C=O) groups excluding carboxylic acids is 2. The lowest BCUT2D eigenvalue weighted by Crippen LogP contribution is -2.29. The zero-order chi connectivity index (χ0) is 8.59. The molecule has 1 rings (SSSR count). The van der Waals surface area contributed by atoms with Crippen molar-refractivity contribution in [2.24, 2.45) is 11.8 Å². The van der Waals surface area contributed by atoms with Crippen molar-refractivity contribution in [3.8, 4) is 0 Å². The standard InChI is InChI=1S/C7H10ClNO2/c1-4-5(2)7(11)9(3-8)6(4)10/h4-5H,3H2,1-2H3. The number of imide groups is 1. The molecule has 1 fully saturated rings. The summed E-state index contributed by atoms with van der Waals surface area (Å²) in [6.45, 7) is 3.49. The predicted octanol–water partition coefficient (Wildman–Crippen LogP) is 0.824. The Morgan fingerprint density at radius 3 is 1.82 bits per heavy atom. The number of rotatable bonds is 1. The van der Waals surface area contributed by atoms with Gasteiger partial charge in [-0.05, 0) is 0 Å². The molecule has 3 nitrogen and oxygen atoms in total. The number of likely N-dealkylation sites (tertiary alicyclic amines) is 1. The van der Waals surface area contributed by atoms with Crippen molar-refractivity contribution < 1.29 is 9.59 Å². The van der Waals surface area contributed by atoms with E-state index < -0.39 is 0 Å². The average molecular weight is 176 g/mol. The molecular formula is C7H10ClNO2. The first-order valence-corrected chi connectivity index (χ1v) is 4.04. The van der Waals surface area contributed by atoms with Crippen LogP contribution >= 0.6 is 11.6 Å². The second-order valence-corrected chi connectivity index (χ2v) is 3.04. The van der Waals surface area contributed by atoms with Gasteiger partial charge < -0.3 is 0 Å². The largest absolute Gasteiger partial charge is 0.274 e. The monoisotopic (exact) mass is 175 g/mol. The molecule has 2 unspecified atom stereocenters. The lowest BCUT2D eigenvalue weighted by atomic mass is 10.00. The van der Waals surface area contributed by atoms with Gasteiger partial charge in [0.1, 0.15) is 6.00 Å². The molecule has 0 aliphatic carbocycles. The maximum atomic E-state index is 11.2. The van der Waals surface area contributed by atoms with Crippen LogP contribution in [-0.2, 0) is 9.59 Å². The van der Waals surface area contributed by atoms with Gasteiger partial charge in [0.25, 0.3) is 0 Å². The Morgan fingerprint density at radius 1 is 1.27 bits per heavy atom. The van der Waals surface area contributed by atoms with Gasteiger partial charge in [-0.2, -0.15) is 0 Å². The van der Waals surface area contributed by atoms with Crippen LogP contribution in [0.15, 0.2) is 0 Å². The first kappa shape index (κ1) is 8.53. The minimum Gasteiger partial charge on any atom is -0.274 e. The summed E-state index contributed by atoms with van der Waals surface area (Å²) in [5.41, 5.74) is 0. The van der Waals surface area contributed by atoms with E-state index in [2.05, 4.69) is 0 Å². The number of hydrogen-bond acceptors (Lipinski definition) is 2. The molecule has 0 bridgehead atoms. The van der Waals surface area contributed by atoms with Gasteiger partial charge in [0.2, 0.25) is 11.8 Å². The summed E-state index contributed by atoms with van der Waals surface area (Å²) in [6.07, 6.45) is 0. The number of carbonyl (C=O) groups is 2. The van der Waals surface area contributed by atoms with Gasteiger partial charge in [-0.15, -0.1) is 11.6 Å². The number of halogens is 1. The van der Waals surface area contributed by atoms with Crippen molar-refractivity contribution in [3.63, 3.8) is 0 Å². The SMILES string of the molecule is CC1C(=O)N(CCl)C(=O)C1C. The molecule has 2 atom stereocenters. The van der Waals surface area contributed by atoms with Gasteiger partial charge in [-0.1, -0.05) is 13.8 Å². The van der Waals surface area contributed by atoms with Crippen molar-refractivity contribution in [3.05, 3.63) is 0 Å². The molecule has 1 heterocycles. The maximum Gasteiger partial charge on any atom is 0.233 e. The van der Waals surface area contributed by atoms with Crippen LogP contribution in [0, 0.1) is 11.8 Å². The van der Waals surface area contributed by atoms with Crippen LogP contribution in [0.4, 0.5) is 0 Å². The van der Waals surface area contributed by atoms with E-state index in [0.717, 1.165) is 4.90 Å². The molecule has 0 aromatic carbocycles. The second-order valence-electron chi connectivity index (χ2n) is 2.80. The number of amides is 2. The lowest BCUT2D eigenvalue weighted by molar-refractivity contribution is -0.138. The minimum atomic E-state index is -0.207. The highest BCUT2D eigenvalue weighted by Crippen LogP contribution is 2.25. The molecule has 0 N–H and O–H groups in total. The van der Waals surface area contributed by atoms with Crippen LogP contribution in [0.5, 0.6) is 0 Å². The number of alkyl halides is 1. The molecule has 1 saturated heterocycles. The van der Waals surface area contributed by atoms with E-state index in [0.29, 0.717) is 0 Å². The van der Waals surface area contributed by atoms with E-state index in [1.165, 1.54) is 0 Å². The molecule has 0 aromatic heterocycles. The quantitative estimate of drug-likeness (QED) is 0.336. The second kappa shape index (κ2) is 2.81. The molecule has 62 valence electrons. The Morgan fingerprint density at radius 2 is 1.64 bits per heavy atom. The third-order valence-corrected chi connectivity index (χ3v) is 2.42. The highest BCUT2D eigenvalue weighted by atomic mass is 35.5. The first-order valence-electron chi connectivity index (χ1n) is 3.50. The summed E-state index contributed by atoms with van der Waals surface area (Å²) in [4.78, 5) is 23.4. The molecule has 0 saturated carbocycles. The Hall–Kier alpha value is -0.570. The van der Waals surface area contributed by atoms with Crippen molar-refractivity contribution >= 4 is 23.4 Å². The van der Waals surface area contributed by atoms with Crippen molar-refractivity contribution in [2.75, 3.05) is 6.00 Å². The molecule has 1 aliphatic rings. The van der Waals surface area contributed by atoms with Gasteiger partial charge >= 0.3 is 0 Å². The van der Waals surface area contributed by atoms with E-state index in [-0.39, 0.29) is 29.7 Å². The van der Waals surface area contributed by atoms with Gasteiger partial charge in [0, 0.05) is 11.8 Å². The highest BCUT2D eigenvalue weighted by molar-refractivity contribution is 6.21. The smallest absolute Gasteiger partial charge is 0.233 e. The molecule has 0 spiro atoms. The fourth-order valence-electron chi connectivity index (χ4n) is 1.15. The van der Waals surface area contributed by atoms with Crippen LogP contribution in [0.3, 0.4) is 0 Å². The molecule has 0 aromatic rings. The third kappa shape index (κ3) is 1.13. The first-order chi connectivity index (χ1) is 5.09. The summed E-state index contributed by atoms with van der Waals surface area (Å²) < 4.78 is 0. The summed E-state index contributed by atoms with van der Waals surface area (Å²) in [6, 6.07) is -0.0215. The molecule has 1 aliphatic heterocycles. The fourth-order valence-corrected chi connectivity index (χ4v) is 1.38. The zero-order valence-electron chi connectivity index (χ0n) is 6.50. The summed E-state index contributed by atoms with van der Waals surface area (Å²) >= 11 is 5.41. The zero-order valence-corrected chi connectivity index (χ0v) is 7.26. The summed E-state index contributed by atoms with van der Waals surface area (Å²) in [7, 11) is 0. The Bertz CT molecular complexity index is 185. The van der Waals surface area contributed by atoms with Crippen LogP contribution in [0.2, 0.25) is 0 Å². The van der Waals surface area contributed by atoms with Gasteiger partial charge in [-0.25, -0.2) is 0 Å².